The second-order valence-corrected chi connectivity index (χ2v) is 6.66. The van der Waals surface area contributed by atoms with Crippen molar-refractivity contribution in [2.24, 2.45) is 5.92 Å². The van der Waals surface area contributed by atoms with Crippen LogP contribution < -0.4 is 0 Å². The molecule has 4 rings (SSSR count). The van der Waals surface area contributed by atoms with Gasteiger partial charge in [-0.25, -0.2) is 0 Å². The first-order valence-corrected chi connectivity index (χ1v) is 8.16. The van der Waals surface area contributed by atoms with E-state index in [1.807, 2.05) is 0 Å². The number of aliphatic hydroxyl groups excluding tert-OH is 1. The standard InChI is InChI=1S/C20H22O/c21-20(19-13-18(19)16-5-2-1-3-6-16)17-11-9-15(10-12-17)14-7-4-8-14/h1-3,5-6,9-12,14,18-21H,4,7-8,13H2. The third-order valence-electron chi connectivity index (χ3n) is 5.33. The minimum atomic E-state index is -0.314. The van der Waals surface area contributed by atoms with Crippen LogP contribution in [0.4, 0.5) is 0 Å². The number of rotatable bonds is 4. The molecule has 0 bridgehead atoms. The van der Waals surface area contributed by atoms with Crippen LogP contribution in [0.5, 0.6) is 0 Å². The SMILES string of the molecule is OC(c1ccc(C2CCC2)cc1)C1CC1c1ccccc1. The summed E-state index contributed by atoms with van der Waals surface area (Å²) in [6.07, 6.45) is 4.83. The molecule has 1 N–H and O–H groups in total. The van der Waals surface area contributed by atoms with Crippen molar-refractivity contribution in [1.29, 1.82) is 0 Å². The lowest BCUT2D eigenvalue weighted by Gasteiger charge is -2.26. The van der Waals surface area contributed by atoms with Crippen LogP contribution in [0.1, 0.15) is 60.3 Å². The van der Waals surface area contributed by atoms with E-state index in [4.69, 9.17) is 0 Å². The summed E-state index contributed by atoms with van der Waals surface area (Å²) in [5.74, 6) is 1.70. The van der Waals surface area contributed by atoms with Crippen LogP contribution >= 0.6 is 0 Å². The highest BCUT2D eigenvalue weighted by Gasteiger charge is 2.43. The van der Waals surface area contributed by atoms with E-state index in [1.54, 1.807) is 0 Å². The van der Waals surface area contributed by atoms with Crippen molar-refractivity contribution >= 4 is 0 Å². The van der Waals surface area contributed by atoms with E-state index < -0.39 is 0 Å². The van der Waals surface area contributed by atoms with Crippen molar-refractivity contribution in [2.75, 3.05) is 0 Å². The Hall–Kier alpha value is -1.60. The molecule has 1 nitrogen and oxygen atoms in total. The molecule has 2 aromatic rings. The van der Waals surface area contributed by atoms with Crippen molar-refractivity contribution in [2.45, 2.75) is 43.6 Å². The largest absolute Gasteiger partial charge is 0.388 e. The average molecular weight is 278 g/mol. The molecule has 3 unspecified atom stereocenters. The maximum atomic E-state index is 10.6. The summed E-state index contributed by atoms with van der Waals surface area (Å²) in [7, 11) is 0. The average Bonchev–Trinajstić information content (AvgIpc) is 3.27. The molecule has 1 heteroatoms. The molecule has 3 atom stereocenters. The van der Waals surface area contributed by atoms with Gasteiger partial charge in [-0.05, 0) is 53.7 Å². The molecule has 2 aliphatic carbocycles. The predicted molar refractivity (Wildman–Crippen MR) is 85.3 cm³/mol. The molecule has 0 saturated heterocycles. The van der Waals surface area contributed by atoms with Crippen LogP contribution in [0.2, 0.25) is 0 Å². The molecule has 2 aromatic carbocycles. The van der Waals surface area contributed by atoms with Crippen LogP contribution in [0.3, 0.4) is 0 Å². The summed E-state index contributed by atoms with van der Waals surface area (Å²) in [5, 5.41) is 10.6. The zero-order valence-corrected chi connectivity index (χ0v) is 12.3. The van der Waals surface area contributed by atoms with Gasteiger partial charge in [0, 0.05) is 0 Å². The van der Waals surface area contributed by atoms with Gasteiger partial charge in [0.25, 0.3) is 0 Å². The Morgan fingerprint density at radius 3 is 2.19 bits per heavy atom. The van der Waals surface area contributed by atoms with E-state index in [9.17, 15) is 5.11 Å². The summed E-state index contributed by atoms with van der Waals surface area (Å²) in [6, 6.07) is 19.3. The quantitative estimate of drug-likeness (QED) is 0.852. The monoisotopic (exact) mass is 278 g/mol. The minimum absolute atomic E-state index is 0.314. The highest BCUT2D eigenvalue weighted by atomic mass is 16.3. The van der Waals surface area contributed by atoms with E-state index >= 15 is 0 Å². The molecule has 0 heterocycles. The fourth-order valence-electron chi connectivity index (χ4n) is 3.60. The van der Waals surface area contributed by atoms with Gasteiger partial charge in [-0.2, -0.15) is 0 Å². The van der Waals surface area contributed by atoms with E-state index in [0.717, 1.165) is 17.9 Å². The van der Waals surface area contributed by atoms with Gasteiger partial charge in [-0.1, -0.05) is 61.0 Å². The number of benzene rings is 2. The van der Waals surface area contributed by atoms with Crippen LogP contribution in [-0.4, -0.2) is 5.11 Å². The van der Waals surface area contributed by atoms with Crippen LogP contribution in [0, 0.1) is 5.92 Å². The van der Waals surface area contributed by atoms with Gasteiger partial charge in [-0.3, -0.25) is 0 Å². The van der Waals surface area contributed by atoms with Crippen LogP contribution in [0.15, 0.2) is 54.6 Å². The lowest BCUT2D eigenvalue weighted by Crippen LogP contribution is -2.09. The van der Waals surface area contributed by atoms with Gasteiger partial charge in [-0.15, -0.1) is 0 Å². The Morgan fingerprint density at radius 2 is 1.57 bits per heavy atom. The van der Waals surface area contributed by atoms with E-state index in [2.05, 4.69) is 54.6 Å². The first kappa shape index (κ1) is 13.1. The summed E-state index contributed by atoms with van der Waals surface area (Å²) in [5.41, 5.74) is 3.90. The summed E-state index contributed by atoms with van der Waals surface area (Å²) >= 11 is 0. The third kappa shape index (κ3) is 2.51. The topological polar surface area (TPSA) is 20.2 Å². The Kier molecular flexibility index (Phi) is 3.31. The highest BCUT2D eigenvalue weighted by Crippen LogP contribution is 2.54. The molecule has 0 radical (unpaired) electrons. The molecule has 2 fully saturated rings. The Balaban J connectivity index is 1.44. The molecular weight excluding hydrogens is 256 g/mol. The molecule has 108 valence electrons. The van der Waals surface area contributed by atoms with Crippen molar-refractivity contribution < 1.29 is 5.11 Å². The zero-order chi connectivity index (χ0) is 14.2. The lowest BCUT2D eigenvalue weighted by molar-refractivity contribution is 0.151. The van der Waals surface area contributed by atoms with Crippen molar-refractivity contribution in [3.8, 4) is 0 Å². The van der Waals surface area contributed by atoms with Crippen molar-refractivity contribution in [1.82, 2.24) is 0 Å². The summed E-state index contributed by atoms with van der Waals surface area (Å²) in [4.78, 5) is 0. The van der Waals surface area contributed by atoms with Gasteiger partial charge in [0.15, 0.2) is 0 Å². The summed E-state index contributed by atoms with van der Waals surface area (Å²) < 4.78 is 0. The smallest absolute Gasteiger partial charge is 0.0824 e. The first-order valence-electron chi connectivity index (χ1n) is 8.16. The van der Waals surface area contributed by atoms with Crippen LogP contribution in [-0.2, 0) is 0 Å². The Morgan fingerprint density at radius 1 is 0.857 bits per heavy atom. The molecule has 21 heavy (non-hydrogen) atoms. The molecule has 0 spiro atoms. The van der Waals surface area contributed by atoms with Crippen molar-refractivity contribution in [3.05, 3.63) is 71.3 Å². The zero-order valence-electron chi connectivity index (χ0n) is 12.3. The molecule has 0 aromatic heterocycles. The molecular formula is C20H22O. The number of hydrogen-bond donors (Lipinski definition) is 1. The van der Waals surface area contributed by atoms with Gasteiger partial charge < -0.3 is 5.11 Å². The molecule has 0 amide bonds. The van der Waals surface area contributed by atoms with Crippen molar-refractivity contribution in [3.63, 3.8) is 0 Å². The van der Waals surface area contributed by atoms with Gasteiger partial charge >= 0.3 is 0 Å². The van der Waals surface area contributed by atoms with Crippen LogP contribution in [0.25, 0.3) is 0 Å². The normalized spacial score (nSPS) is 26.1. The Labute approximate surface area is 126 Å². The second-order valence-electron chi connectivity index (χ2n) is 6.66. The first-order chi connectivity index (χ1) is 10.3. The number of aliphatic hydroxyl groups is 1. The highest BCUT2D eigenvalue weighted by molar-refractivity contribution is 5.32. The molecule has 2 saturated carbocycles. The van der Waals surface area contributed by atoms with E-state index in [1.165, 1.54) is 30.4 Å². The fourth-order valence-corrected chi connectivity index (χ4v) is 3.60. The fraction of sp³-hybridized carbons (Fsp3) is 0.400. The summed E-state index contributed by atoms with van der Waals surface area (Å²) in [6.45, 7) is 0. The maximum Gasteiger partial charge on any atom is 0.0824 e. The molecule has 0 aliphatic heterocycles. The maximum absolute atomic E-state index is 10.6. The number of hydrogen-bond acceptors (Lipinski definition) is 1. The van der Waals surface area contributed by atoms with Gasteiger partial charge in [0.05, 0.1) is 6.10 Å². The van der Waals surface area contributed by atoms with Gasteiger partial charge in [0.1, 0.15) is 0 Å². The minimum Gasteiger partial charge on any atom is -0.388 e. The Bertz CT molecular complexity index is 597. The van der Waals surface area contributed by atoms with E-state index in [0.29, 0.717) is 11.8 Å². The predicted octanol–water partition coefficient (Wildman–Crippen LogP) is 4.79. The lowest BCUT2D eigenvalue weighted by atomic mass is 9.80. The van der Waals surface area contributed by atoms with E-state index in [-0.39, 0.29) is 6.10 Å². The van der Waals surface area contributed by atoms with Gasteiger partial charge in [0.2, 0.25) is 0 Å². The molecule has 2 aliphatic rings. The third-order valence-corrected chi connectivity index (χ3v) is 5.33. The second kappa shape index (κ2) is 5.31.